The minimum atomic E-state index is -2.04. The number of carbonyl (C=O) groups is 4. The lowest BCUT2D eigenvalue weighted by atomic mass is 9.89. The third kappa shape index (κ3) is 10.9. The van der Waals surface area contributed by atoms with Crippen molar-refractivity contribution in [3.8, 4) is 11.5 Å². The Morgan fingerprint density at radius 1 is 0.875 bits per heavy atom. The summed E-state index contributed by atoms with van der Waals surface area (Å²) in [7, 11) is 0. The van der Waals surface area contributed by atoms with Crippen LogP contribution >= 0.6 is 0 Å². The van der Waals surface area contributed by atoms with Gasteiger partial charge in [0.25, 0.3) is 5.72 Å². The summed E-state index contributed by atoms with van der Waals surface area (Å²) in [6, 6.07) is 4.20. The lowest BCUT2D eigenvalue weighted by Crippen LogP contribution is -2.59. The standard InChI is InChI=1S/C31H47NO8/c1-20(2)32-31(28(36)37,40-27(35)22-12-10-9-11-13-22)17-21-14-15-23(38-25(33)18-29(3,4)5)24(16-21)39-26(34)19-30(6,7)8/h14-16,20,22,32H,9-13,17-19H2,1-8H3,(H,36,37)/t31-/m0/s1. The van der Waals surface area contributed by atoms with E-state index in [9.17, 15) is 24.3 Å². The van der Waals surface area contributed by atoms with Crippen LogP contribution in [0.3, 0.4) is 0 Å². The summed E-state index contributed by atoms with van der Waals surface area (Å²) in [6.45, 7) is 14.9. The Morgan fingerprint density at radius 3 is 1.88 bits per heavy atom. The molecule has 0 unspecified atom stereocenters. The van der Waals surface area contributed by atoms with Crippen LogP contribution < -0.4 is 14.8 Å². The predicted molar refractivity (Wildman–Crippen MR) is 151 cm³/mol. The normalized spacial score (nSPS) is 16.2. The molecule has 0 aromatic heterocycles. The van der Waals surface area contributed by atoms with E-state index in [0.29, 0.717) is 18.4 Å². The predicted octanol–water partition coefficient (Wildman–Crippen LogP) is 5.81. The van der Waals surface area contributed by atoms with Gasteiger partial charge in [-0.1, -0.05) is 66.9 Å². The maximum Gasteiger partial charge on any atom is 0.364 e. The summed E-state index contributed by atoms with van der Waals surface area (Å²) in [6.07, 6.45) is 4.19. The number of hydrogen-bond donors (Lipinski definition) is 2. The Bertz CT molecular complexity index is 1060. The first-order valence-corrected chi connectivity index (χ1v) is 14.2. The molecule has 40 heavy (non-hydrogen) atoms. The largest absolute Gasteiger partial charge is 0.477 e. The summed E-state index contributed by atoms with van der Waals surface area (Å²) >= 11 is 0. The second-order valence-electron chi connectivity index (χ2n) is 13.6. The van der Waals surface area contributed by atoms with Crippen molar-refractivity contribution in [3.63, 3.8) is 0 Å². The van der Waals surface area contributed by atoms with E-state index in [2.05, 4.69) is 5.32 Å². The van der Waals surface area contributed by atoms with Gasteiger partial charge in [0, 0.05) is 12.5 Å². The van der Waals surface area contributed by atoms with Crippen LogP contribution in [0.25, 0.3) is 0 Å². The quantitative estimate of drug-likeness (QED) is 0.195. The molecule has 0 aliphatic heterocycles. The summed E-state index contributed by atoms with van der Waals surface area (Å²) in [5.74, 6) is -3.19. The molecular weight excluding hydrogens is 514 g/mol. The van der Waals surface area contributed by atoms with E-state index in [-0.39, 0.29) is 53.6 Å². The molecule has 0 heterocycles. The first kappa shape index (κ1) is 33.3. The van der Waals surface area contributed by atoms with E-state index in [1.807, 2.05) is 41.5 Å². The van der Waals surface area contributed by atoms with E-state index < -0.39 is 29.6 Å². The average Bonchev–Trinajstić information content (AvgIpc) is 2.78. The van der Waals surface area contributed by atoms with E-state index >= 15 is 0 Å². The fraction of sp³-hybridized carbons (Fsp3) is 0.677. The molecule has 1 fully saturated rings. The van der Waals surface area contributed by atoms with Gasteiger partial charge < -0.3 is 19.3 Å². The number of carboxylic acid groups (broad SMARTS) is 1. The number of rotatable bonds is 11. The van der Waals surface area contributed by atoms with Crippen molar-refractivity contribution in [2.75, 3.05) is 0 Å². The maximum absolute atomic E-state index is 13.1. The molecule has 1 aliphatic carbocycles. The fourth-order valence-electron chi connectivity index (χ4n) is 4.65. The lowest BCUT2D eigenvalue weighted by molar-refractivity contribution is -0.188. The average molecular weight is 562 g/mol. The minimum absolute atomic E-state index is 0.00329. The second kappa shape index (κ2) is 13.6. The molecular formula is C31H47NO8. The summed E-state index contributed by atoms with van der Waals surface area (Å²) in [4.78, 5) is 51.0. The van der Waals surface area contributed by atoms with Gasteiger partial charge in [0.15, 0.2) is 11.5 Å². The van der Waals surface area contributed by atoms with Crippen molar-refractivity contribution in [2.45, 2.75) is 119 Å². The number of esters is 3. The van der Waals surface area contributed by atoms with Crippen molar-refractivity contribution >= 4 is 23.9 Å². The molecule has 224 valence electrons. The van der Waals surface area contributed by atoms with Gasteiger partial charge in [-0.25, -0.2) is 4.79 Å². The first-order chi connectivity index (χ1) is 18.4. The minimum Gasteiger partial charge on any atom is -0.477 e. The molecule has 1 aliphatic rings. The Kier molecular flexibility index (Phi) is 11.3. The molecule has 0 amide bonds. The molecule has 0 saturated heterocycles. The molecule has 1 aromatic rings. The van der Waals surface area contributed by atoms with Crippen molar-refractivity contribution in [3.05, 3.63) is 23.8 Å². The van der Waals surface area contributed by atoms with Crippen LogP contribution in [0.2, 0.25) is 0 Å². The summed E-state index contributed by atoms with van der Waals surface area (Å²) < 4.78 is 16.9. The Hall–Kier alpha value is -2.94. The van der Waals surface area contributed by atoms with Gasteiger partial charge in [-0.15, -0.1) is 0 Å². The summed E-state index contributed by atoms with van der Waals surface area (Å²) in [5, 5.41) is 13.3. The fourth-order valence-corrected chi connectivity index (χ4v) is 4.65. The highest BCUT2D eigenvalue weighted by Crippen LogP contribution is 2.34. The van der Waals surface area contributed by atoms with Gasteiger partial charge in [-0.2, -0.15) is 0 Å². The number of carbonyl (C=O) groups excluding carboxylic acids is 3. The van der Waals surface area contributed by atoms with E-state index in [1.165, 1.54) is 12.1 Å². The molecule has 2 rings (SSSR count). The molecule has 2 N–H and O–H groups in total. The summed E-state index contributed by atoms with van der Waals surface area (Å²) in [5.41, 5.74) is -2.28. The number of hydrogen-bond acceptors (Lipinski definition) is 8. The molecule has 9 heteroatoms. The second-order valence-corrected chi connectivity index (χ2v) is 13.6. The number of benzene rings is 1. The highest BCUT2D eigenvalue weighted by molar-refractivity contribution is 5.83. The van der Waals surface area contributed by atoms with Gasteiger partial charge >= 0.3 is 23.9 Å². The molecule has 0 bridgehead atoms. The highest BCUT2D eigenvalue weighted by atomic mass is 16.6. The Labute approximate surface area is 238 Å². The van der Waals surface area contributed by atoms with E-state index in [1.54, 1.807) is 19.9 Å². The Balaban J connectivity index is 2.44. The number of nitrogens with one attached hydrogen (secondary N) is 1. The van der Waals surface area contributed by atoms with Gasteiger partial charge in [0.2, 0.25) is 0 Å². The van der Waals surface area contributed by atoms with Crippen molar-refractivity contribution < 1.29 is 38.5 Å². The van der Waals surface area contributed by atoms with Crippen LogP contribution in [-0.4, -0.2) is 40.8 Å². The van der Waals surface area contributed by atoms with E-state index in [4.69, 9.17) is 14.2 Å². The zero-order chi connectivity index (χ0) is 30.3. The molecule has 1 saturated carbocycles. The van der Waals surface area contributed by atoms with Crippen LogP contribution in [0, 0.1) is 16.7 Å². The zero-order valence-corrected chi connectivity index (χ0v) is 25.3. The first-order valence-electron chi connectivity index (χ1n) is 14.2. The van der Waals surface area contributed by atoms with Gasteiger partial charge in [0.05, 0.1) is 18.8 Å². The highest BCUT2D eigenvalue weighted by Gasteiger charge is 2.45. The van der Waals surface area contributed by atoms with Crippen LogP contribution in [-0.2, 0) is 30.3 Å². The molecule has 0 spiro atoms. The SMILES string of the molecule is CC(C)N[C@@](Cc1ccc(OC(=O)CC(C)(C)C)c(OC(=O)CC(C)(C)C)c1)(OC(=O)C1CCCCC1)C(=O)O. The maximum atomic E-state index is 13.1. The van der Waals surface area contributed by atoms with E-state index in [0.717, 1.165) is 19.3 Å². The van der Waals surface area contributed by atoms with Gasteiger partial charge in [-0.3, -0.25) is 19.7 Å². The smallest absolute Gasteiger partial charge is 0.364 e. The molecule has 1 atom stereocenters. The topological polar surface area (TPSA) is 128 Å². The monoisotopic (exact) mass is 561 g/mol. The number of ether oxygens (including phenoxy) is 3. The van der Waals surface area contributed by atoms with Crippen LogP contribution in [0.1, 0.15) is 106 Å². The molecule has 1 aromatic carbocycles. The third-order valence-corrected chi connectivity index (χ3v) is 6.34. The zero-order valence-electron chi connectivity index (χ0n) is 25.3. The molecule has 0 radical (unpaired) electrons. The lowest BCUT2D eigenvalue weighted by Gasteiger charge is -2.34. The molecule has 9 nitrogen and oxygen atoms in total. The third-order valence-electron chi connectivity index (χ3n) is 6.34. The number of aliphatic carboxylic acids is 1. The van der Waals surface area contributed by atoms with Crippen molar-refractivity contribution in [1.29, 1.82) is 0 Å². The number of carboxylic acids is 1. The van der Waals surface area contributed by atoms with Gasteiger partial charge in [-0.05, 0) is 55.2 Å². The van der Waals surface area contributed by atoms with Crippen LogP contribution in [0.15, 0.2) is 18.2 Å². The Morgan fingerprint density at radius 2 is 1.40 bits per heavy atom. The van der Waals surface area contributed by atoms with Crippen LogP contribution in [0.4, 0.5) is 0 Å². The van der Waals surface area contributed by atoms with Crippen LogP contribution in [0.5, 0.6) is 11.5 Å². The van der Waals surface area contributed by atoms with Gasteiger partial charge in [0.1, 0.15) is 0 Å². The van der Waals surface area contributed by atoms with Crippen molar-refractivity contribution in [1.82, 2.24) is 5.32 Å². The van der Waals surface area contributed by atoms with Crippen molar-refractivity contribution in [2.24, 2.45) is 16.7 Å².